The molecule has 2 aromatic carbocycles. The lowest BCUT2D eigenvalue weighted by Gasteiger charge is -2.25. The summed E-state index contributed by atoms with van der Waals surface area (Å²) in [5, 5.41) is 4.39. The number of nitrogens with two attached hydrogens (primary N) is 1. The highest BCUT2D eigenvalue weighted by molar-refractivity contribution is 5.84. The number of halogens is 3. The second-order valence-corrected chi connectivity index (χ2v) is 11.1. The normalized spacial score (nSPS) is 22.6. The van der Waals surface area contributed by atoms with Crippen molar-refractivity contribution in [2.75, 3.05) is 17.7 Å². The Labute approximate surface area is 249 Å². The molecule has 2 saturated heterocycles. The molecule has 2 aliphatic heterocycles. The topological polar surface area (TPSA) is 131 Å². The molecule has 0 spiro atoms. The number of anilines is 2. The number of fused-ring (bicyclic) bond motifs is 3. The predicted octanol–water partition coefficient (Wildman–Crippen LogP) is 4.62. The molecule has 0 unspecified atom stereocenters. The Balaban J connectivity index is 1.17. The smallest absolute Gasteiger partial charge is 0.207 e. The summed E-state index contributed by atoms with van der Waals surface area (Å²) in [5.74, 6) is -4.42. The van der Waals surface area contributed by atoms with Crippen LogP contribution in [0.4, 0.5) is 24.9 Å². The first-order valence-corrected chi connectivity index (χ1v) is 13.9. The standard InChI is InChI=1S/C30H28F3N7O4/c1-30(2)43-24-21(13-41-12-16-9-18(31)22(33)19(32)10-16)42-28(25(24)44-30)40-27-23(26(34)37-14-38-27)39-29(40)36-11-15-5-6-20-17(8-15)4-3-7-35-20/h3-10,14,21,24-25,28H,11-13H2,1-2H3,(H,36,39)(H2,34,37,38)/t21-,24-,25-,28-/m1/s1. The van der Waals surface area contributed by atoms with E-state index in [9.17, 15) is 13.2 Å². The van der Waals surface area contributed by atoms with Crippen LogP contribution in [0.1, 0.15) is 31.2 Å². The van der Waals surface area contributed by atoms with Crippen LogP contribution in [0.25, 0.3) is 22.1 Å². The maximum absolute atomic E-state index is 13.7. The van der Waals surface area contributed by atoms with E-state index in [2.05, 4.69) is 20.3 Å². The van der Waals surface area contributed by atoms with E-state index in [-0.39, 0.29) is 24.6 Å². The Hall–Kier alpha value is -4.37. The lowest BCUT2D eigenvalue weighted by molar-refractivity contribution is -0.201. The maximum Gasteiger partial charge on any atom is 0.207 e. The summed E-state index contributed by atoms with van der Waals surface area (Å²) >= 11 is 0. The fraction of sp³-hybridized carbons (Fsp3) is 0.333. The molecule has 5 aromatic rings. The molecular weight excluding hydrogens is 579 g/mol. The SMILES string of the molecule is CC1(C)O[C@@H]2[C@H](O1)[C@@H](COCc1cc(F)c(F)c(F)c1)O[C@H]2n1c(NCc2ccc3ncccc3c2)nc2c(N)ncnc21. The number of nitrogens with zero attached hydrogens (tertiary/aromatic N) is 5. The summed E-state index contributed by atoms with van der Waals surface area (Å²) in [7, 11) is 0. The van der Waals surface area contributed by atoms with Crippen LogP contribution >= 0.6 is 0 Å². The van der Waals surface area contributed by atoms with Crippen molar-refractivity contribution >= 4 is 33.8 Å². The van der Waals surface area contributed by atoms with Crippen molar-refractivity contribution in [1.29, 1.82) is 0 Å². The molecule has 0 saturated carbocycles. The molecule has 44 heavy (non-hydrogen) atoms. The van der Waals surface area contributed by atoms with Gasteiger partial charge in [-0.15, -0.1) is 0 Å². The summed E-state index contributed by atoms with van der Waals surface area (Å²) in [5.41, 5.74) is 9.02. The van der Waals surface area contributed by atoms with Crippen molar-refractivity contribution in [3.05, 3.63) is 83.6 Å². The number of ether oxygens (including phenoxy) is 4. The van der Waals surface area contributed by atoms with Crippen LogP contribution in [0.15, 0.2) is 55.0 Å². The third kappa shape index (κ3) is 5.19. The van der Waals surface area contributed by atoms with Gasteiger partial charge in [0.15, 0.2) is 46.4 Å². The lowest BCUT2D eigenvalue weighted by Crippen LogP contribution is -2.32. The first kappa shape index (κ1) is 28.4. The third-order valence-corrected chi connectivity index (χ3v) is 7.60. The molecule has 5 heterocycles. The van der Waals surface area contributed by atoms with Gasteiger partial charge in [-0.25, -0.2) is 28.1 Å². The molecule has 0 radical (unpaired) electrons. The van der Waals surface area contributed by atoms with E-state index in [1.807, 2.05) is 30.3 Å². The van der Waals surface area contributed by atoms with Gasteiger partial charge in [-0.1, -0.05) is 12.1 Å². The number of hydrogen-bond acceptors (Lipinski definition) is 10. The molecule has 2 aliphatic rings. The van der Waals surface area contributed by atoms with Gasteiger partial charge in [-0.3, -0.25) is 9.55 Å². The summed E-state index contributed by atoms with van der Waals surface area (Å²) < 4.78 is 67.3. The van der Waals surface area contributed by atoms with Crippen LogP contribution in [-0.2, 0) is 32.1 Å². The van der Waals surface area contributed by atoms with Crippen LogP contribution in [0.2, 0.25) is 0 Å². The molecule has 2 fully saturated rings. The van der Waals surface area contributed by atoms with E-state index in [1.54, 1.807) is 24.6 Å². The summed E-state index contributed by atoms with van der Waals surface area (Å²) in [6.07, 6.45) is 0.534. The lowest BCUT2D eigenvalue weighted by atomic mass is 10.1. The fourth-order valence-corrected chi connectivity index (χ4v) is 5.69. The highest BCUT2D eigenvalue weighted by Gasteiger charge is 2.56. The van der Waals surface area contributed by atoms with Gasteiger partial charge in [0.05, 0.1) is 18.7 Å². The number of imidazole rings is 1. The molecule has 7 rings (SSSR count). The van der Waals surface area contributed by atoms with E-state index in [0.29, 0.717) is 23.7 Å². The quantitative estimate of drug-likeness (QED) is 0.241. The Morgan fingerprint density at radius 2 is 1.80 bits per heavy atom. The number of aromatic nitrogens is 5. The molecule has 0 bridgehead atoms. The Bertz CT molecular complexity index is 1850. The largest absolute Gasteiger partial charge is 0.382 e. The second-order valence-electron chi connectivity index (χ2n) is 11.1. The summed E-state index contributed by atoms with van der Waals surface area (Å²) in [6, 6.07) is 11.6. The van der Waals surface area contributed by atoms with Crippen molar-refractivity contribution in [3.8, 4) is 0 Å². The average molecular weight is 608 g/mol. The summed E-state index contributed by atoms with van der Waals surface area (Å²) in [6.45, 7) is 3.83. The van der Waals surface area contributed by atoms with E-state index < -0.39 is 47.8 Å². The van der Waals surface area contributed by atoms with Crippen LogP contribution < -0.4 is 11.1 Å². The zero-order valence-corrected chi connectivity index (χ0v) is 23.7. The average Bonchev–Trinajstić information content (AvgIpc) is 3.63. The zero-order chi connectivity index (χ0) is 30.6. The highest BCUT2D eigenvalue weighted by Crippen LogP contribution is 2.45. The van der Waals surface area contributed by atoms with Crippen molar-refractivity contribution in [2.45, 2.75) is 57.3 Å². The zero-order valence-electron chi connectivity index (χ0n) is 23.7. The van der Waals surface area contributed by atoms with Crippen LogP contribution in [0, 0.1) is 17.5 Å². The summed E-state index contributed by atoms with van der Waals surface area (Å²) in [4.78, 5) is 17.6. The maximum atomic E-state index is 13.7. The Morgan fingerprint density at radius 1 is 1.00 bits per heavy atom. The van der Waals surface area contributed by atoms with Gasteiger partial charge in [-0.05, 0) is 55.3 Å². The van der Waals surface area contributed by atoms with E-state index in [0.717, 1.165) is 28.6 Å². The first-order chi connectivity index (χ1) is 21.2. The van der Waals surface area contributed by atoms with Crippen LogP contribution in [-0.4, -0.2) is 55.2 Å². The predicted molar refractivity (Wildman–Crippen MR) is 153 cm³/mol. The second kappa shape index (κ2) is 11.0. The first-order valence-electron chi connectivity index (χ1n) is 13.9. The molecule has 4 atom stereocenters. The third-order valence-electron chi connectivity index (χ3n) is 7.60. The fourth-order valence-electron chi connectivity index (χ4n) is 5.69. The Kier molecular flexibility index (Phi) is 7.08. The molecular formula is C30H28F3N7O4. The minimum atomic E-state index is -1.53. The van der Waals surface area contributed by atoms with Gasteiger partial charge < -0.3 is 30.0 Å². The van der Waals surface area contributed by atoms with E-state index in [4.69, 9.17) is 29.7 Å². The van der Waals surface area contributed by atoms with Crippen LogP contribution in [0.5, 0.6) is 0 Å². The molecule has 3 aromatic heterocycles. The molecule has 3 N–H and O–H groups in total. The number of benzene rings is 2. The van der Waals surface area contributed by atoms with Gasteiger partial charge >= 0.3 is 0 Å². The van der Waals surface area contributed by atoms with Crippen molar-refractivity contribution in [2.24, 2.45) is 0 Å². The van der Waals surface area contributed by atoms with Gasteiger partial charge in [0.1, 0.15) is 24.6 Å². The van der Waals surface area contributed by atoms with Crippen molar-refractivity contribution < 1.29 is 32.1 Å². The minimum absolute atomic E-state index is 0.00460. The molecule has 11 nitrogen and oxygen atoms in total. The van der Waals surface area contributed by atoms with Gasteiger partial charge in [0.2, 0.25) is 5.95 Å². The molecule has 0 aliphatic carbocycles. The van der Waals surface area contributed by atoms with Gasteiger partial charge in [0, 0.05) is 18.1 Å². The molecule has 14 heteroatoms. The van der Waals surface area contributed by atoms with Crippen molar-refractivity contribution in [1.82, 2.24) is 24.5 Å². The van der Waals surface area contributed by atoms with E-state index in [1.165, 1.54) is 6.33 Å². The van der Waals surface area contributed by atoms with Crippen LogP contribution in [0.3, 0.4) is 0 Å². The molecule has 228 valence electrons. The number of pyridine rings is 1. The number of nitrogen functional groups attached to an aromatic ring is 1. The highest BCUT2D eigenvalue weighted by atomic mass is 19.2. The Morgan fingerprint density at radius 3 is 2.61 bits per heavy atom. The van der Waals surface area contributed by atoms with Gasteiger partial charge in [-0.2, -0.15) is 0 Å². The number of nitrogens with one attached hydrogen (secondary N) is 1. The molecule has 0 amide bonds. The minimum Gasteiger partial charge on any atom is -0.382 e. The monoisotopic (exact) mass is 607 g/mol. The van der Waals surface area contributed by atoms with Gasteiger partial charge in [0.25, 0.3) is 0 Å². The van der Waals surface area contributed by atoms with Crippen molar-refractivity contribution in [3.63, 3.8) is 0 Å². The van der Waals surface area contributed by atoms with E-state index >= 15 is 0 Å². The number of rotatable bonds is 8. The number of hydrogen-bond donors (Lipinski definition) is 2.